The number of imide groups is 1. The number of thiazole rings is 1. The fraction of sp³-hybridized carbons (Fsp3) is 0.294. The summed E-state index contributed by atoms with van der Waals surface area (Å²) in [5.41, 5.74) is -0.805. The van der Waals surface area contributed by atoms with Crippen molar-refractivity contribution in [3.8, 4) is 10.6 Å². The Balaban J connectivity index is 2.06. The van der Waals surface area contributed by atoms with Gasteiger partial charge in [0.1, 0.15) is 15.7 Å². The first-order chi connectivity index (χ1) is 13.7. The van der Waals surface area contributed by atoms with Crippen LogP contribution in [0.4, 0.5) is 19.7 Å². The van der Waals surface area contributed by atoms with Gasteiger partial charge in [0.2, 0.25) is 0 Å². The standard InChI is InChI=1S/C17H16ClFN4O4S2/c1-4-27-14(24)12-7-20-13(29-12)8-5-11(10(19)6-9(8)18)23-15(25)21(2)17(28)22(3)16(23)26/h5-7,17,28H,4H2,1-3H3. The SMILES string of the molecule is CCOC(=O)c1cnc(-c2cc(N3C(=O)N(C)C(S)N(C)C3=O)c(F)cc2Cl)s1. The quantitative estimate of drug-likeness (QED) is 0.554. The normalized spacial score (nSPS) is 15.3. The Morgan fingerprint density at radius 2 is 1.93 bits per heavy atom. The number of thiol groups is 1. The van der Waals surface area contributed by atoms with Gasteiger partial charge >= 0.3 is 18.0 Å². The number of nitrogens with zero attached hydrogens (tertiary/aromatic N) is 4. The van der Waals surface area contributed by atoms with E-state index in [-0.39, 0.29) is 27.8 Å². The summed E-state index contributed by atoms with van der Waals surface area (Å²) in [6.45, 7) is 1.89. The summed E-state index contributed by atoms with van der Waals surface area (Å²) >= 11 is 11.4. The predicted molar refractivity (Wildman–Crippen MR) is 110 cm³/mol. The summed E-state index contributed by atoms with van der Waals surface area (Å²) in [5.74, 6) is -1.40. The van der Waals surface area contributed by atoms with Crippen LogP contribution in [0.25, 0.3) is 10.6 Å². The fourth-order valence-corrected chi connectivity index (χ4v) is 3.96. The second-order valence-corrected chi connectivity index (χ2v) is 7.90. The monoisotopic (exact) mass is 458 g/mol. The van der Waals surface area contributed by atoms with E-state index in [1.54, 1.807) is 6.92 Å². The number of aromatic nitrogens is 1. The summed E-state index contributed by atoms with van der Waals surface area (Å²) in [6, 6.07) is 0.755. The molecule has 1 aliphatic rings. The molecule has 1 fully saturated rings. The zero-order chi connectivity index (χ0) is 21.5. The molecular formula is C17H16ClFN4O4S2. The molecule has 29 heavy (non-hydrogen) atoms. The predicted octanol–water partition coefficient (Wildman–Crippen LogP) is 3.92. The summed E-state index contributed by atoms with van der Waals surface area (Å²) in [7, 11) is 2.88. The van der Waals surface area contributed by atoms with Crippen molar-refractivity contribution in [2.24, 2.45) is 0 Å². The van der Waals surface area contributed by atoms with Gasteiger partial charge in [-0.1, -0.05) is 11.6 Å². The molecule has 1 aromatic heterocycles. The van der Waals surface area contributed by atoms with Gasteiger partial charge in [-0.2, -0.15) is 0 Å². The number of rotatable bonds is 4. The van der Waals surface area contributed by atoms with E-state index in [2.05, 4.69) is 17.6 Å². The number of anilines is 1. The highest BCUT2D eigenvalue weighted by Gasteiger charge is 2.41. The Hall–Kier alpha value is -2.37. The van der Waals surface area contributed by atoms with Crippen LogP contribution in [0.2, 0.25) is 5.02 Å². The number of halogens is 2. The maximum Gasteiger partial charge on any atom is 0.349 e. The number of esters is 1. The number of ether oxygens (including phenoxy) is 1. The molecule has 0 unspecified atom stereocenters. The molecule has 1 aliphatic heterocycles. The minimum Gasteiger partial charge on any atom is -0.462 e. The van der Waals surface area contributed by atoms with Crippen LogP contribution in [0.3, 0.4) is 0 Å². The van der Waals surface area contributed by atoms with Crippen molar-refractivity contribution < 1.29 is 23.5 Å². The molecule has 0 N–H and O–H groups in total. The van der Waals surface area contributed by atoms with Gasteiger partial charge in [0.25, 0.3) is 0 Å². The Morgan fingerprint density at radius 1 is 1.31 bits per heavy atom. The van der Waals surface area contributed by atoms with Crippen molar-refractivity contribution in [2.45, 2.75) is 12.4 Å². The second-order valence-electron chi connectivity index (χ2n) is 6.00. The minimum atomic E-state index is -0.859. The van der Waals surface area contributed by atoms with E-state index in [4.69, 9.17) is 16.3 Å². The van der Waals surface area contributed by atoms with E-state index in [0.717, 1.165) is 17.4 Å². The Morgan fingerprint density at radius 3 is 2.52 bits per heavy atom. The summed E-state index contributed by atoms with van der Waals surface area (Å²) in [4.78, 5) is 44.6. The van der Waals surface area contributed by atoms with Gasteiger partial charge < -0.3 is 4.74 Å². The van der Waals surface area contributed by atoms with Gasteiger partial charge in [0.15, 0.2) is 5.50 Å². The number of hydrogen-bond acceptors (Lipinski definition) is 7. The van der Waals surface area contributed by atoms with Crippen molar-refractivity contribution >= 4 is 59.3 Å². The van der Waals surface area contributed by atoms with Gasteiger partial charge in [-0.05, 0) is 19.1 Å². The van der Waals surface area contributed by atoms with Crippen molar-refractivity contribution in [3.05, 3.63) is 34.0 Å². The fourth-order valence-electron chi connectivity index (χ4n) is 2.63. The van der Waals surface area contributed by atoms with E-state index in [9.17, 15) is 18.8 Å². The highest BCUT2D eigenvalue weighted by molar-refractivity contribution is 7.80. The summed E-state index contributed by atoms with van der Waals surface area (Å²) in [5, 5.41) is 0.326. The lowest BCUT2D eigenvalue weighted by molar-refractivity contribution is 0.0531. The molecular weight excluding hydrogens is 443 g/mol. The maximum absolute atomic E-state index is 14.7. The van der Waals surface area contributed by atoms with Crippen LogP contribution in [-0.4, -0.2) is 59.0 Å². The van der Waals surface area contributed by atoms with E-state index in [1.807, 2.05) is 0 Å². The van der Waals surface area contributed by atoms with Gasteiger partial charge in [-0.15, -0.1) is 24.0 Å². The van der Waals surface area contributed by atoms with Gasteiger partial charge in [-0.25, -0.2) is 28.7 Å². The number of carbonyl (C=O) groups is 3. The number of urea groups is 2. The number of amides is 4. The molecule has 1 aromatic carbocycles. The average Bonchev–Trinajstić information content (AvgIpc) is 3.16. The van der Waals surface area contributed by atoms with Crippen molar-refractivity contribution in [2.75, 3.05) is 25.6 Å². The van der Waals surface area contributed by atoms with Crippen LogP contribution in [-0.2, 0) is 4.74 Å². The Bertz CT molecular complexity index is 980. The van der Waals surface area contributed by atoms with Gasteiger partial charge in [0, 0.05) is 19.7 Å². The highest BCUT2D eigenvalue weighted by Crippen LogP contribution is 2.37. The van der Waals surface area contributed by atoms with Crippen molar-refractivity contribution in [1.29, 1.82) is 0 Å². The third-order valence-electron chi connectivity index (χ3n) is 4.17. The lowest BCUT2D eigenvalue weighted by Gasteiger charge is -2.41. The topological polar surface area (TPSA) is 83.1 Å². The number of carbonyl (C=O) groups excluding carboxylic acids is 3. The number of benzene rings is 1. The third kappa shape index (κ3) is 3.77. The molecule has 0 radical (unpaired) electrons. The molecule has 2 aromatic rings. The second kappa shape index (κ2) is 8.17. The summed E-state index contributed by atoms with van der Waals surface area (Å²) < 4.78 is 19.6. The van der Waals surface area contributed by atoms with Crippen LogP contribution in [0.5, 0.6) is 0 Å². The average molecular weight is 459 g/mol. The zero-order valence-electron chi connectivity index (χ0n) is 15.5. The Labute approximate surface area is 180 Å². The first kappa shape index (κ1) is 21.3. The summed E-state index contributed by atoms with van der Waals surface area (Å²) in [6.07, 6.45) is 1.32. The largest absolute Gasteiger partial charge is 0.462 e. The van der Waals surface area contributed by atoms with Crippen LogP contribution < -0.4 is 4.90 Å². The first-order valence-electron chi connectivity index (χ1n) is 8.31. The smallest absolute Gasteiger partial charge is 0.349 e. The van der Waals surface area contributed by atoms with Crippen molar-refractivity contribution in [3.63, 3.8) is 0 Å². The van der Waals surface area contributed by atoms with E-state index < -0.39 is 29.3 Å². The van der Waals surface area contributed by atoms with E-state index >= 15 is 0 Å². The molecule has 0 spiro atoms. The van der Waals surface area contributed by atoms with E-state index in [0.29, 0.717) is 9.91 Å². The number of hydrogen-bond donors (Lipinski definition) is 1. The highest BCUT2D eigenvalue weighted by atomic mass is 35.5. The van der Waals surface area contributed by atoms with Gasteiger partial charge in [0.05, 0.1) is 23.5 Å². The maximum atomic E-state index is 14.7. The van der Waals surface area contributed by atoms with Crippen LogP contribution in [0.15, 0.2) is 18.3 Å². The molecule has 0 saturated carbocycles. The van der Waals surface area contributed by atoms with Crippen LogP contribution in [0.1, 0.15) is 16.6 Å². The minimum absolute atomic E-state index is 0.0155. The molecule has 12 heteroatoms. The van der Waals surface area contributed by atoms with Gasteiger partial charge in [-0.3, -0.25) is 9.80 Å². The molecule has 3 rings (SSSR count). The Kier molecular flexibility index (Phi) is 6.01. The van der Waals surface area contributed by atoms with Crippen LogP contribution in [0, 0.1) is 5.82 Å². The lowest BCUT2D eigenvalue weighted by Crippen LogP contribution is -2.62. The lowest BCUT2D eigenvalue weighted by atomic mass is 10.1. The molecule has 4 amide bonds. The first-order valence-corrected chi connectivity index (χ1v) is 10.0. The van der Waals surface area contributed by atoms with E-state index in [1.165, 1.54) is 36.2 Å². The molecule has 1 saturated heterocycles. The molecule has 2 heterocycles. The molecule has 154 valence electrons. The third-order valence-corrected chi connectivity index (χ3v) is 6.19. The molecule has 8 nitrogen and oxygen atoms in total. The molecule has 0 aliphatic carbocycles. The molecule has 0 bridgehead atoms. The molecule has 0 atom stereocenters. The van der Waals surface area contributed by atoms with Crippen molar-refractivity contribution in [1.82, 2.24) is 14.8 Å². The zero-order valence-corrected chi connectivity index (χ0v) is 18.0. The van der Waals surface area contributed by atoms with Crippen LogP contribution >= 0.6 is 35.6 Å².